The molecule has 0 aliphatic heterocycles. The predicted octanol–water partition coefficient (Wildman–Crippen LogP) is 4.35. The van der Waals surface area contributed by atoms with Gasteiger partial charge >= 0.3 is 0 Å². The molecular weight excluding hydrogens is 509 g/mol. The van der Waals surface area contributed by atoms with Gasteiger partial charge in [-0.15, -0.1) is 0 Å². The Morgan fingerprint density at radius 3 is 2.61 bits per heavy atom. The summed E-state index contributed by atoms with van der Waals surface area (Å²) in [5.41, 5.74) is 5.96. The van der Waals surface area contributed by atoms with Crippen LogP contribution in [0.1, 0.15) is 29.5 Å². The average Bonchev–Trinajstić information content (AvgIpc) is 2.73. The van der Waals surface area contributed by atoms with Gasteiger partial charge in [-0.2, -0.15) is 5.10 Å². The van der Waals surface area contributed by atoms with Crippen LogP contribution >= 0.6 is 22.6 Å². The summed E-state index contributed by atoms with van der Waals surface area (Å²) in [6.45, 7) is 7.88. The number of rotatable bonds is 10. The zero-order chi connectivity index (χ0) is 22.8. The quantitative estimate of drug-likeness (QED) is 0.205. The number of benzene rings is 2. The van der Waals surface area contributed by atoms with Crippen molar-refractivity contribution >= 4 is 46.3 Å². The van der Waals surface area contributed by atoms with Crippen molar-refractivity contribution < 1.29 is 19.1 Å². The van der Waals surface area contributed by atoms with E-state index in [0.717, 1.165) is 25.9 Å². The number of hydrogen-bond acceptors (Lipinski definition) is 5. The minimum Gasteiger partial charge on any atom is -0.493 e. The standard InChI is InChI=1S/C23H26IN3O4/c1-5-10-31-23-18(24)12-17(13-20(23)30-4)14-25-27-22(29)9-8-21(28)26-19-11-15(2)6-7-16(19)3/h5-7,11-14H,1,8-10H2,2-4H3,(H,26,28)(H,27,29). The average molecular weight is 535 g/mol. The van der Waals surface area contributed by atoms with Gasteiger partial charge in [0.2, 0.25) is 11.8 Å². The lowest BCUT2D eigenvalue weighted by Crippen LogP contribution is -2.21. The fourth-order valence-corrected chi connectivity index (χ4v) is 3.42. The van der Waals surface area contributed by atoms with Crippen molar-refractivity contribution in [1.29, 1.82) is 0 Å². The summed E-state index contributed by atoms with van der Waals surface area (Å²) in [6, 6.07) is 9.44. The van der Waals surface area contributed by atoms with Gasteiger partial charge in [0.05, 0.1) is 16.9 Å². The van der Waals surface area contributed by atoms with Crippen LogP contribution in [0.3, 0.4) is 0 Å². The van der Waals surface area contributed by atoms with Gasteiger partial charge in [0.25, 0.3) is 0 Å². The molecule has 0 heterocycles. The summed E-state index contributed by atoms with van der Waals surface area (Å²) in [5.74, 6) is 0.617. The molecule has 0 saturated carbocycles. The Balaban J connectivity index is 1.87. The molecule has 0 aromatic heterocycles. The third-order valence-corrected chi connectivity index (χ3v) is 5.05. The second kappa shape index (κ2) is 12.1. The number of ether oxygens (including phenoxy) is 2. The predicted molar refractivity (Wildman–Crippen MR) is 131 cm³/mol. The summed E-state index contributed by atoms with van der Waals surface area (Å²) < 4.78 is 11.8. The lowest BCUT2D eigenvalue weighted by molar-refractivity contribution is -0.124. The molecule has 7 nitrogen and oxygen atoms in total. The molecular formula is C23H26IN3O4. The van der Waals surface area contributed by atoms with Crippen LogP contribution in [-0.4, -0.2) is 31.7 Å². The van der Waals surface area contributed by atoms with E-state index in [1.54, 1.807) is 19.3 Å². The summed E-state index contributed by atoms with van der Waals surface area (Å²) in [4.78, 5) is 24.1. The molecule has 0 aliphatic rings. The van der Waals surface area contributed by atoms with Crippen molar-refractivity contribution in [2.45, 2.75) is 26.7 Å². The number of hydrogen-bond donors (Lipinski definition) is 2. The third kappa shape index (κ3) is 7.71. The normalized spacial score (nSPS) is 10.6. The van der Waals surface area contributed by atoms with E-state index < -0.39 is 0 Å². The molecule has 2 aromatic rings. The van der Waals surface area contributed by atoms with Gasteiger partial charge < -0.3 is 14.8 Å². The molecule has 0 radical (unpaired) electrons. The molecule has 2 rings (SSSR count). The van der Waals surface area contributed by atoms with Crippen molar-refractivity contribution in [3.05, 3.63) is 63.2 Å². The van der Waals surface area contributed by atoms with Gasteiger partial charge in [0.15, 0.2) is 11.5 Å². The number of anilines is 1. The number of hydrazone groups is 1. The van der Waals surface area contributed by atoms with Crippen LogP contribution in [-0.2, 0) is 9.59 Å². The highest BCUT2D eigenvalue weighted by Gasteiger charge is 2.11. The first-order chi connectivity index (χ1) is 14.8. The van der Waals surface area contributed by atoms with E-state index in [9.17, 15) is 9.59 Å². The van der Waals surface area contributed by atoms with E-state index in [2.05, 4.69) is 45.0 Å². The highest BCUT2D eigenvalue weighted by Crippen LogP contribution is 2.33. The van der Waals surface area contributed by atoms with Crippen molar-refractivity contribution in [3.63, 3.8) is 0 Å². The van der Waals surface area contributed by atoms with Crippen LogP contribution in [0.5, 0.6) is 11.5 Å². The molecule has 2 aromatic carbocycles. The number of carbonyl (C=O) groups is 2. The fraction of sp³-hybridized carbons (Fsp3) is 0.261. The molecule has 31 heavy (non-hydrogen) atoms. The van der Waals surface area contributed by atoms with Gasteiger partial charge in [0, 0.05) is 18.5 Å². The first-order valence-corrected chi connectivity index (χ1v) is 10.7. The number of nitrogens with one attached hydrogen (secondary N) is 2. The second-order valence-corrected chi connectivity index (χ2v) is 7.96. The zero-order valence-corrected chi connectivity index (χ0v) is 20.0. The SMILES string of the molecule is C=CCOc1c(I)cc(C=NNC(=O)CCC(=O)Nc2cc(C)ccc2C)cc1OC. The molecule has 0 bridgehead atoms. The lowest BCUT2D eigenvalue weighted by atomic mass is 10.1. The molecule has 0 atom stereocenters. The van der Waals surface area contributed by atoms with Gasteiger partial charge in [-0.1, -0.05) is 24.8 Å². The van der Waals surface area contributed by atoms with Crippen molar-refractivity contribution in [2.24, 2.45) is 5.10 Å². The van der Waals surface area contributed by atoms with Gasteiger partial charge in [-0.25, -0.2) is 5.43 Å². The van der Waals surface area contributed by atoms with Crippen LogP contribution in [0.25, 0.3) is 0 Å². The van der Waals surface area contributed by atoms with E-state index in [-0.39, 0.29) is 24.7 Å². The third-order valence-electron chi connectivity index (χ3n) is 4.25. The number of amides is 2. The van der Waals surface area contributed by atoms with E-state index >= 15 is 0 Å². The van der Waals surface area contributed by atoms with Crippen LogP contribution in [0.2, 0.25) is 0 Å². The maximum absolute atomic E-state index is 12.1. The summed E-state index contributed by atoms with van der Waals surface area (Å²) in [7, 11) is 1.55. The number of methoxy groups -OCH3 is 1. The lowest BCUT2D eigenvalue weighted by Gasteiger charge is -2.12. The Morgan fingerprint density at radius 2 is 1.90 bits per heavy atom. The maximum atomic E-state index is 12.1. The number of nitrogens with zero attached hydrogens (tertiary/aromatic N) is 1. The van der Waals surface area contributed by atoms with Crippen LogP contribution < -0.4 is 20.2 Å². The smallest absolute Gasteiger partial charge is 0.240 e. The minimum atomic E-state index is -0.347. The largest absolute Gasteiger partial charge is 0.493 e. The van der Waals surface area contributed by atoms with E-state index in [4.69, 9.17) is 9.47 Å². The molecule has 8 heteroatoms. The fourth-order valence-electron chi connectivity index (χ4n) is 2.64. The number of carbonyl (C=O) groups excluding carboxylic acids is 2. The molecule has 0 unspecified atom stereocenters. The van der Waals surface area contributed by atoms with Crippen molar-refractivity contribution in [2.75, 3.05) is 19.0 Å². The summed E-state index contributed by atoms with van der Waals surface area (Å²) in [6.07, 6.45) is 3.26. The minimum absolute atomic E-state index is 0.0310. The first-order valence-electron chi connectivity index (χ1n) is 9.64. The van der Waals surface area contributed by atoms with Crippen molar-refractivity contribution in [1.82, 2.24) is 5.43 Å². The first kappa shape index (κ1) is 24.4. The molecule has 0 spiro atoms. The van der Waals surface area contributed by atoms with E-state index in [1.165, 1.54) is 6.21 Å². The Morgan fingerprint density at radius 1 is 1.16 bits per heavy atom. The van der Waals surface area contributed by atoms with Crippen LogP contribution in [0, 0.1) is 17.4 Å². The monoisotopic (exact) mass is 535 g/mol. The van der Waals surface area contributed by atoms with E-state index in [0.29, 0.717) is 18.1 Å². The van der Waals surface area contributed by atoms with Crippen LogP contribution in [0.4, 0.5) is 5.69 Å². The van der Waals surface area contributed by atoms with Gasteiger partial charge in [0.1, 0.15) is 6.61 Å². The van der Waals surface area contributed by atoms with Crippen molar-refractivity contribution in [3.8, 4) is 11.5 Å². The Kier molecular flexibility index (Phi) is 9.51. The summed E-state index contributed by atoms with van der Waals surface area (Å²) in [5, 5.41) is 6.80. The molecule has 0 saturated heterocycles. The molecule has 164 valence electrons. The molecule has 0 fully saturated rings. The second-order valence-electron chi connectivity index (χ2n) is 6.79. The zero-order valence-electron chi connectivity index (χ0n) is 17.8. The molecule has 2 amide bonds. The number of aryl methyl sites for hydroxylation is 2. The highest BCUT2D eigenvalue weighted by atomic mass is 127. The Hall–Kier alpha value is -2.88. The van der Waals surface area contributed by atoms with Gasteiger partial charge in [-0.3, -0.25) is 9.59 Å². The highest BCUT2D eigenvalue weighted by molar-refractivity contribution is 14.1. The van der Waals surface area contributed by atoms with Gasteiger partial charge in [-0.05, 0) is 71.3 Å². The van der Waals surface area contributed by atoms with Crippen LogP contribution in [0.15, 0.2) is 48.1 Å². The Bertz CT molecular complexity index is 989. The molecule has 0 aliphatic carbocycles. The topological polar surface area (TPSA) is 89.0 Å². The summed E-state index contributed by atoms with van der Waals surface area (Å²) >= 11 is 2.14. The van der Waals surface area contributed by atoms with E-state index in [1.807, 2.05) is 38.1 Å². The number of halogens is 1. The Labute approximate surface area is 196 Å². The molecule has 2 N–H and O–H groups in total. The maximum Gasteiger partial charge on any atom is 0.240 e.